The number of rotatable bonds is 5. The average Bonchev–Trinajstić information content (AvgIpc) is 2.97. The first-order valence-electron chi connectivity index (χ1n) is 7.26. The summed E-state index contributed by atoms with van der Waals surface area (Å²) in [7, 11) is 1.34. The van der Waals surface area contributed by atoms with Crippen molar-refractivity contribution in [1.29, 1.82) is 0 Å². The molecule has 2 rings (SSSR count). The van der Waals surface area contributed by atoms with E-state index in [0.29, 0.717) is 34.0 Å². The quantitative estimate of drug-likeness (QED) is 0.855. The number of carbonyl (C=O) groups is 1. The summed E-state index contributed by atoms with van der Waals surface area (Å²) in [6.45, 7) is 5.89. The number of hydrogen-bond acceptors (Lipinski definition) is 6. The summed E-state index contributed by atoms with van der Waals surface area (Å²) in [5.41, 5.74) is 2.64. The Hall–Kier alpha value is -2.02. The summed E-state index contributed by atoms with van der Waals surface area (Å²) in [6, 6.07) is 0. The Balaban J connectivity index is 2.69. The first-order valence-corrected chi connectivity index (χ1v) is 8.07. The molecule has 0 amide bonds. The van der Waals surface area contributed by atoms with Crippen molar-refractivity contribution in [1.82, 2.24) is 15.2 Å². The maximum Gasteiger partial charge on any atom is 0.349 e. The number of carbonyl (C=O) groups excluding carboxylic acids is 1. The summed E-state index contributed by atoms with van der Waals surface area (Å²) in [5, 5.41) is 7.18. The van der Waals surface area contributed by atoms with Gasteiger partial charge < -0.3 is 4.74 Å². The number of nitrogens with one attached hydrogen (secondary N) is 1. The lowest BCUT2D eigenvalue weighted by molar-refractivity contribution is 0.0605. The summed E-state index contributed by atoms with van der Waals surface area (Å²) in [5.74, 6) is -0.417. The second-order valence-corrected chi connectivity index (χ2v) is 5.70. The minimum Gasteiger partial charge on any atom is -0.465 e. The number of H-pyrrole nitrogens is 1. The molecule has 0 spiro atoms. The first-order chi connectivity index (χ1) is 10.6. The van der Waals surface area contributed by atoms with Gasteiger partial charge in [-0.05, 0) is 24.8 Å². The standard InChI is InChI=1S/C15H19N3O3S/c1-5-8-9(6-2)17-18-13(19)11(8)14-16-10(7-3)12(22-14)15(20)21-4/h5-7H2,1-4H3,(H,18,19). The van der Waals surface area contributed by atoms with Crippen molar-refractivity contribution in [2.24, 2.45) is 0 Å². The average molecular weight is 321 g/mol. The molecule has 0 unspecified atom stereocenters. The van der Waals surface area contributed by atoms with Crippen LogP contribution in [0.15, 0.2) is 4.79 Å². The van der Waals surface area contributed by atoms with Crippen LogP contribution in [-0.2, 0) is 24.0 Å². The fourth-order valence-corrected chi connectivity index (χ4v) is 3.51. The molecule has 0 bridgehead atoms. The number of hydrogen-bond donors (Lipinski definition) is 1. The molecule has 0 radical (unpaired) electrons. The minimum atomic E-state index is -0.417. The molecule has 0 aliphatic carbocycles. The lowest BCUT2D eigenvalue weighted by atomic mass is 10.0. The molecule has 2 heterocycles. The lowest BCUT2D eigenvalue weighted by Gasteiger charge is -2.07. The van der Waals surface area contributed by atoms with E-state index in [2.05, 4.69) is 15.2 Å². The molecule has 7 heteroatoms. The fraction of sp³-hybridized carbons (Fsp3) is 0.467. The summed E-state index contributed by atoms with van der Waals surface area (Å²) in [4.78, 5) is 29.0. The second-order valence-electron chi connectivity index (χ2n) is 4.70. The van der Waals surface area contributed by atoms with Gasteiger partial charge >= 0.3 is 5.97 Å². The maximum absolute atomic E-state index is 12.2. The van der Waals surface area contributed by atoms with Gasteiger partial charge in [-0.2, -0.15) is 5.10 Å². The molecule has 118 valence electrons. The van der Waals surface area contributed by atoms with Gasteiger partial charge in [0.15, 0.2) is 0 Å². The van der Waals surface area contributed by atoms with Crippen molar-refractivity contribution in [3.8, 4) is 10.6 Å². The fourth-order valence-electron chi connectivity index (χ4n) is 2.37. The van der Waals surface area contributed by atoms with Crippen LogP contribution in [0.1, 0.15) is 47.4 Å². The molecule has 2 aromatic heterocycles. The number of aromatic amines is 1. The Bertz CT molecular complexity index is 749. The third-order valence-corrected chi connectivity index (χ3v) is 4.57. The SMILES string of the molecule is CCc1nc(-c2c(CC)c(CC)n[nH]c2=O)sc1C(=O)OC. The molecule has 0 saturated carbocycles. The van der Waals surface area contributed by atoms with Crippen molar-refractivity contribution >= 4 is 17.3 Å². The highest BCUT2D eigenvalue weighted by molar-refractivity contribution is 7.17. The number of nitrogens with zero attached hydrogens (tertiary/aromatic N) is 2. The Morgan fingerprint density at radius 2 is 1.86 bits per heavy atom. The van der Waals surface area contributed by atoms with E-state index in [1.165, 1.54) is 18.4 Å². The van der Waals surface area contributed by atoms with Crippen molar-refractivity contribution < 1.29 is 9.53 Å². The lowest BCUT2D eigenvalue weighted by Crippen LogP contribution is -2.16. The van der Waals surface area contributed by atoms with Crippen molar-refractivity contribution in [3.05, 3.63) is 32.2 Å². The first kappa shape index (κ1) is 16.4. The highest BCUT2D eigenvalue weighted by atomic mass is 32.1. The van der Waals surface area contributed by atoms with Crippen LogP contribution < -0.4 is 5.56 Å². The normalized spacial score (nSPS) is 10.7. The van der Waals surface area contributed by atoms with E-state index < -0.39 is 5.97 Å². The Morgan fingerprint density at radius 3 is 2.41 bits per heavy atom. The van der Waals surface area contributed by atoms with Crippen LogP contribution in [0.4, 0.5) is 0 Å². The van der Waals surface area contributed by atoms with E-state index in [9.17, 15) is 9.59 Å². The van der Waals surface area contributed by atoms with Crippen LogP contribution in [0.2, 0.25) is 0 Å². The van der Waals surface area contributed by atoms with E-state index in [-0.39, 0.29) is 5.56 Å². The summed E-state index contributed by atoms with van der Waals surface area (Å²) in [6.07, 6.45) is 2.01. The largest absolute Gasteiger partial charge is 0.465 e. The molecular weight excluding hydrogens is 302 g/mol. The minimum absolute atomic E-state index is 0.276. The monoisotopic (exact) mass is 321 g/mol. The molecule has 0 saturated heterocycles. The number of thiazole rings is 1. The van der Waals surface area contributed by atoms with Gasteiger partial charge in [0, 0.05) is 0 Å². The predicted molar refractivity (Wildman–Crippen MR) is 85.4 cm³/mol. The zero-order chi connectivity index (χ0) is 16.3. The van der Waals surface area contributed by atoms with Crippen molar-refractivity contribution in [2.75, 3.05) is 7.11 Å². The van der Waals surface area contributed by atoms with Crippen LogP contribution in [0.5, 0.6) is 0 Å². The number of aryl methyl sites for hydroxylation is 2. The molecule has 22 heavy (non-hydrogen) atoms. The number of methoxy groups -OCH3 is 1. The zero-order valence-electron chi connectivity index (χ0n) is 13.1. The Morgan fingerprint density at radius 1 is 1.18 bits per heavy atom. The predicted octanol–water partition coefficient (Wildman–Crippen LogP) is 2.37. The van der Waals surface area contributed by atoms with Gasteiger partial charge in [-0.25, -0.2) is 14.9 Å². The van der Waals surface area contributed by atoms with Gasteiger partial charge in [0.1, 0.15) is 9.88 Å². The van der Waals surface area contributed by atoms with Crippen molar-refractivity contribution in [2.45, 2.75) is 40.0 Å². The van der Waals surface area contributed by atoms with Crippen LogP contribution in [-0.4, -0.2) is 28.3 Å². The van der Waals surface area contributed by atoms with E-state index >= 15 is 0 Å². The molecule has 6 nitrogen and oxygen atoms in total. The molecule has 0 atom stereocenters. The van der Waals surface area contributed by atoms with Crippen LogP contribution in [0.25, 0.3) is 10.6 Å². The van der Waals surface area contributed by atoms with Crippen LogP contribution in [0.3, 0.4) is 0 Å². The topological polar surface area (TPSA) is 84.9 Å². The van der Waals surface area contributed by atoms with Gasteiger partial charge in [0.05, 0.1) is 24.1 Å². The van der Waals surface area contributed by atoms with Gasteiger partial charge in [-0.1, -0.05) is 20.8 Å². The molecule has 0 aliphatic rings. The second kappa shape index (κ2) is 6.83. The van der Waals surface area contributed by atoms with Crippen molar-refractivity contribution in [3.63, 3.8) is 0 Å². The van der Waals surface area contributed by atoms with E-state index in [4.69, 9.17) is 4.74 Å². The highest BCUT2D eigenvalue weighted by Gasteiger charge is 2.22. The van der Waals surface area contributed by atoms with E-state index in [0.717, 1.165) is 17.7 Å². The van der Waals surface area contributed by atoms with Crippen LogP contribution in [0, 0.1) is 0 Å². The highest BCUT2D eigenvalue weighted by Crippen LogP contribution is 2.30. The molecule has 0 fully saturated rings. The smallest absolute Gasteiger partial charge is 0.349 e. The number of esters is 1. The molecular formula is C15H19N3O3S. The summed E-state index contributed by atoms with van der Waals surface area (Å²) >= 11 is 1.20. The Labute approximate surface area is 132 Å². The van der Waals surface area contributed by atoms with Gasteiger partial charge in [0.2, 0.25) is 0 Å². The van der Waals surface area contributed by atoms with Gasteiger partial charge in [-0.15, -0.1) is 11.3 Å². The molecule has 0 aliphatic heterocycles. The number of ether oxygens (including phenoxy) is 1. The van der Waals surface area contributed by atoms with Crippen LogP contribution >= 0.6 is 11.3 Å². The number of aromatic nitrogens is 3. The molecule has 2 aromatic rings. The molecule has 1 N–H and O–H groups in total. The zero-order valence-corrected chi connectivity index (χ0v) is 14.0. The maximum atomic E-state index is 12.2. The van der Waals surface area contributed by atoms with E-state index in [1.807, 2.05) is 20.8 Å². The summed E-state index contributed by atoms with van der Waals surface area (Å²) < 4.78 is 4.79. The van der Waals surface area contributed by atoms with Gasteiger partial charge in [-0.3, -0.25) is 4.79 Å². The van der Waals surface area contributed by atoms with E-state index in [1.54, 1.807) is 0 Å². The third-order valence-electron chi connectivity index (χ3n) is 3.47. The van der Waals surface area contributed by atoms with Gasteiger partial charge in [0.25, 0.3) is 5.56 Å². The Kier molecular flexibility index (Phi) is 5.07. The molecule has 0 aromatic carbocycles. The third kappa shape index (κ3) is 2.81.